The Morgan fingerprint density at radius 2 is 1.80 bits per heavy atom. The van der Waals surface area contributed by atoms with Crippen molar-refractivity contribution in [3.05, 3.63) is 33.8 Å². The van der Waals surface area contributed by atoms with Crippen molar-refractivity contribution in [1.29, 1.82) is 0 Å². The molecule has 1 aromatic rings. The van der Waals surface area contributed by atoms with Gasteiger partial charge >= 0.3 is 0 Å². The number of amides is 1. The molecule has 0 radical (unpaired) electrons. The first-order valence-electron chi connectivity index (χ1n) is 6.55. The molecule has 0 bridgehead atoms. The highest BCUT2D eigenvalue weighted by Crippen LogP contribution is 2.24. The summed E-state index contributed by atoms with van der Waals surface area (Å²) in [6.45, 7) is 5.76. The molecule has 5 heteroatoms. The van der Waals surface area contributed by atoms with Crippen LogP contribution in [-0.2, 0) is 11.2 Å². The average Bonchev–Trinajstić information content (AvgIpc) is 2.30. The zero-order chi connectivity index (χ0) is 15.3. The second-order valence-corrected chi connectivity index (χ2v) is 6.87. The van der Waals surface area contributed by atoms with Crippen molar-refractivity contribution >= 4 is 29.1 Å². The zero-order valence-corrected chi connectivity index (χ0v) is 14.0. The van der Waals surface area contributed by atoms with Crippen LogP contribution in [0.1, 0.15) is 19.4 Å². The molecular weight excluding hydrogens is 295 g/mol. The van der Waals surface area contributed by atoms with Crippen molar-refractivity contribution < 1.29 is 4.79 Å². The van der Waals surface area contributed by atoms with Crippen molar-refractivity contribution in [2.45, 2.75) is 20.3 Å². The maximum Gasteiger partial charge on any atom is 0.224 e. The van der Waals surface area contributed by atoms with Gasteiger partial charge in [-0.05, 0) is 37.2 Å². The van der Waals surface area contributed by atoms with Gasteiger partial charge in [0.05, 0.1) is 6.42 Å². The standard InChI is InChI=1S/C15H22Cl2N2O/c1-15(2,10-19(3)4)9-18-14(20)8-11-12(16)6-5-7-13(11)17/h5-7H,8-10H2,1-4H3,(H,18,20). The van der Waals surface area contributed by atoms with Crippen LogP contribution in [0, 0.1) is 5.41 Å². The lowest BCUT2D eigenvalue weighted by atomic mass is 9.93. The number of carbonyl (C=O) groups excluding carboxylic acids is 1. The van der Waals surface area contributed by atoms with Crippen molar-refractivity contribution in [2.24, 2.45) is 5.41 Å². The van der Waals surface area contributed by atoms with Gasteiger partial charge in [-0.3, -0.25) is 4.79 Å². The van der Waals surface area contributed by atoms with E-state index in [0.29, 0.717) is 22.2 Å². The van der Waals surface area contributed by atoms with Gasteiger partial charge in [-0.1, -0.05) is 43.1 Å². The Bertz CT molecular complexity index is 453. The number of halogens is 2. The topological polar surface area (TPSA) is 32.3 Å². The van der Waals surface area contributed by atoms with Crippen LogP contribution < -0.4 is 5.32 Å². The second-order valence-electron chi connectivity index (χ2n) is 6.06. The predicted molar refractivity (Wildman–Crippen MR) is 85.5 cm³/mol. The van der Waals surface area contributed by atoms with Gasteiger partial charge in [-0.25, -0.2) is 0 Å². The fraction of sp³-hybridized carbons (Fsp3) is 0.533. The number of hydrogen-bond donors (Lipinski definition) is 1. The molecule has 0 aromatic heterocycles. The van der Waals surface area contributed by atoms with E-state index in [-0.39, 0.29) is 17.7 Å². The van der Waals surface area contributed by atoms with Crippen LogP contribution in [-0.4, -0.2) is 38.0 Å². The van der Waals surface area contributed by atoms with Crippen molar-refractivity contribution in [3.63, 3.8) is 0 Å². The molecule has 0 saturated carbocycles. The van der Waals surface area contributed by atoms with Gasteiger partial charge in [-0.2, -0.15) is 0 Å². The van der Waals surface area contributed by atoms with Gasteiger partial charge in [-0.15, -0.1) is 0 Å². The van der Waals surface area contributed by atoms with Crippen LogP contribution in [0.4, 0.5) is 0 Å². The van der Waals surface area contributed by atoms with Crippen molar-refractivity contribution in [1.82, 2.24) is 10.2 Å². The number of nitrogens with one attached hydrogen (secondary N) is 1. The molecule has 1 amide bonds. The molecule has 0 aliphatic heterocycles. The third kappa shape index (κ3) is 5.70. The van der Waals surface area contributed by atoms with E-state index in [1.165, 1.54) is 0 Å². The van der Waals surface area contributed by atoms with E-state index in [4.69, 9.17) is 23.2 Å². The van der Waals surface area contributed by atoms with E-state index in [2.05, 4.69) is 24.1 Å². The van der Waals surface area contributed by atoms with Crippen LogP contribution >= 0.6 is 23.2 Å². The van der Waals surface area contributed by atoms with E-state index in [9.17, 15) is 4.79 Å². The van der Waals surface area contributed by atoms with Gasteiger partial charge in [0.15, 0.2) is 0 Å². The first-order valence-corrected chi connectivity index (χ1v) is 7.31. The predicted octanol–water partition coefficient (Wildman–Crippen LogP) is 3.24. The normalized spacial score (nSPS) is 11.8. The van der Waals surface area contributed by atoms with E-state index in [1.54, 1.807) is 18.2 Å². The number of rotatable bonds is 6. The monoisotopic (exact) mass is 316 g/mol. The Morgan fingerprint density at radius 3 is 2.30 bits per heavy atom. The Labute approximate surface area is 131 Å². The summed E-state index contributed by atoms with van der Waals surface area (Å²) in [4.78, 5) is 14.1. The Kier molecular flexibility index (Phi) is 6.31. The number of benzene rings is 1. The fourth-order valence-corrected chi connectivity index (χ4v) is 2.71. The Hall–Kier alpha value is -0.770. The minimum absolute atomic E-state index is 0.0173. The summed E-state index contributed by atoms with van der Waals surface area (Å²) in [5.41, 5.74) is 0.697. The van der Waals surface area contributed by atoms with Crippen LogP contribution in [0.3, 0.4) is 0 Å². The summed E-state index contributed by atoms with van der Waals surface area (Å²) >= 11 is 12.1. The van der Waals surface area contributed by atoms with Gasteiger partial charge in [0, 0.05) is 23.1 Å². The van der Waals surface area contributed by atoms with Gasteiger partial charge in [0.25, 0.3) is 0 Å². The molecule has 0 saturated heterocycles. The lowest BCUT2D eigenvalue weighted by Gasteiger charge is -2.28. The molecule has 0 aliphatic rings. The molecular formula is C15H22Cl2N2O. The summed E-state index contributed by atoms with van der Waals surface area (Å²) in [6, 6.07) is 5.25. The summed E-state index contributed by atoms with van der Waals surface area (Å²) in [6.07, 6.45) is 0.205. The molecule has 1 rings (SSSR count). The summed E-state index contributed by atoms with van der Waals surface area (Å²) in [5.74, 6) is -0.0631. The molecule has 0 spiro atoms. The quantitative estimate of drug-likeness (QED) is 0.873. The van der Waals surface area contributed by atoms with Gasteiger partial charge < -0.3 is 10.2 Å². The third-order valence-corrected chi connectivity index (χ3v) is 3.62. The highest BCUT2D eigenvalue weighted by molar-refractivity contribution is 6.36. The number of nitrogens with zero attached hydrogens (tertiary/aromatic N) is 1. The number of hydrogen-bond acceptors (Lipinski definition) is 2. The fourth-order valence-electron chi connectivity index (χ4n) is 2.17. The van der Waals surface area contributed by atoms with Gasteiger partial charge in [0.2, 0.25) is 5.91 Å². The first-order chi connectivity index (χ1) is 9.21. The highest BCUT2D eigenvalue weighted by atomic mass is 35.5. The molecule has 0 unspecified atom stereocenters. The lowest BCUT2D eigenvalue weighted by molar-refractivity contribution is -0.120. The maximum absolute atomic E-state index is 12.0. The summed E-state index contributed by atoms with van der Waals surface area (Å²) in [5, 5.41) is 4.00. The number of carbonyl (C=O) groups is 1. The maximum atomic E-state index is 12.0. The second kappa shape index (κ2) is 7.30. The van der Waals surface area contributed by atoms with Crippen LogP contribution in [0.5, 0.6) is 0 Å². The van der Waals surface area contributed by atoms with Crippen molar-refractivity contribution in [2.75, 3.05) is 27.2 Å². The van der Waals surface area contributed by atoms with E-state index >= 15 is 0 Å². The Morgan fingerprint density at radius 1 is 1.25 bits per heavy atom. The molecule has 0 atom stereocenters. The molecule has 3 nitrogen and oxygen atoms in total. The zero-order valence-electron chi connectivity index (χ0n) is 12.5. The molecule has 1 aromatic carbocycles. The van der Waals surface area contributed by atoms with Crippen LogP contribution in [0.2, 0.25) is 10.0 Å². The SMILES string of the molecule is CN(C)CC(C)(C)CNC(=O)Cc1c(Cl)cccc1Cl. The Balaban J connectivity index is 2.56. The van der Waals surface area contributed by atoms with E-state index in [0.717, 1.165) is 6.54 Å². The van der Waals surface area contributed by atoms with Gasteiger partial charge in [0.1, 0.15) is 0 Å². The summed E-state index contributed by atoms with van der Waals surface area (Å²) in [7, 11) is 4.04. The molecule has 0 aliphatic carbocycles. The minimum Gasteiger partial charge on any atom is -0.355 e. The molecule has 1 N–H and O–H groups in total. The minimum atomic E-state index is -0.0631. The summed E-state index contributed by atoms with van der Waals surface area (Å²) < 4.78 is 0. The average molecular weight is 317 g/mol. The van der Waals surface area contributed by atoms with Crippen LogP contribution in [0.15, 0.2) is 18.2 Å². The first kappa shape index (κ1) is 17.3. The van der Waals surface area contributed by atoms with Crippen LogP contribution in [0.25, 0.3) is 0 Å². The highest BCUT2D eigenvalue weighted by Gasteiger charge is 2.20. The molecule has 0 fully saturated rings. The van der Waals surface area contributed by atoms with E-state index in [1.807, 2.05) is 14.1 Å². The molecule has 0 heterocycles. The van der Waals surface area contributed by atoms with E-state index < -0.39 is 0 Å². The molecule has 20 heavy (non-hydrogen) atoms. The smallest absolute Gasteiger partial charge is 0.224 e. The van der Waals surface area contributed by atoms with Crippen molar-refractivity contribution in [3.8, 4) is 0 Å². The lowest BCUT2D eigenvalue weighted by Crippen LogP contribution is -2.40. The third-order valence-electron chi connectivity index (χ3n) is 2.91. The molecule has 112 valence electrons. The largest absolute Gasteiger partial charge is 0.355 e.